The SMILES string of the molecule is CC1C=CC=CC1(C)OS(N)(=O)=O. The molecule has 0 radical (unpaired) electrons. The highest BCUT2D eigenvalue weighted by atomic mass is 32.2. The summed E-state index contributed by atoms with van der Waals surface area (Å²) in [4.78, 5) is 0. The van der Waals surface area contributed by atoms with E-state index in [1.54, 1.807) is 19.1 Å². The van der Waals surface area contributed by atoms with E-state index in [9.17, 15) is 8.42 Å². The second-order valence-corrected chi connectivity index (χ2v) is 4.44. The maximum absolute atomic E-state index is 10.7. The Kier molecular flexibility index (Phi) is 2.61. The largest absolute Gasteiger partial charge is 0.334 e. The Bertz CT molecular complexity index is 344. The fraction of sp³-hybridized carbons (Fsp3) is 0.500. The van der Waals surface area contributed by atoms with Crippen LogP contribution in [-0.4, -0.2) is 14.0 Å². The molecule has 74 valence electrons. The van der Waals surface area contributed by atoms with E-state index in [-0.39, 0.29) is 5.92 Å². The van der Waals surface area contributed by atoms with Gasteiger partial charge in [-0.2, -0.15) is 8.42 Å². The van der Waals surface area contributed by atoms with Crippen LogP contribution in [0.5, 0.6) is 0 Å². The van der Waals surface area contributed by atoms with Gasteiger partial charge < -0.3 is 0 Å². The predicted octanol–water partition coefficient (Wildman–Crippen LogP) is 0.727. The Morgan fingerprint density at radius 2 is 2.08 bits per heavy atom. The molecule has 0 saturated heterocycles. The number of rotatable bonds is 2. The first-order valence-electron chi connectivity index (χ1n) is 3.93. The van der Waals surface area contributed by atoms with Gasteiger partial charge in [-0.05, 0) is 6.92 Å². The Morgan fingerprint density at radius 1 is 1.46 bits per heavy atom. The van der Waals surface area contributed by atoms with Crippen molar-refractivity contribution in [2.45, 2.75) is 19.4 Å². The summed E-state index contributed by atoms with van der Waals surface area (Å²) >= 11 is 0. The summed E-state index contributed by atoms with van der Waals surface area (Å²) in [6, 6.07) is 0. The molecule has 0 amide bonds. The Hall–Kier alpha value is -0.650. The second-order valence-electron chi connectivity index (χ2n) is 3.29. The van der Waals surface area contributed by atoms with Crippen molar-refractivity contribution in [2.75, 3.05) is 0 Å². The molecule has 2 unspecified atom stereocenters. The Labute approximate surface area is 78.3 Å². The van der Waals surface area contributed by atoms with Crippen molar-refractivity contribution in [2.24, 2.45) is 11.1 Å². The molecule has 4 nitrogen and oxygen atoms in total. The maximum atomic E-state index is 10.7. The van der Waals surface area contributed by atoms with Crippen molar-refractivity contribution in [3.63, 3.8) is 0 Å². The zero-order valence-corrected chi connectivity index (χ0v) is 8.41. The van der Waals surface area contributed by atoms with E-state index in [1.807, 2.05) is 19.1 Å². The average Bonchev–Trinajstić information content (AvgIpc) is 1.92. The summed E-state index contributed by atoms with van der Waals surface area (Å²) in [6.45, 7) is 3.55. The fourth-order valence-electron chi connectivity index (χ4n) is 1.17. The van der Waals surface area contributed by atoms with Gasteiger partial charge >= 0.3 is 10.3 Å². The van der Waals surface area contributed by atoms with Gasteiger partial charge in [0, 0.05) is 5.92 Å². The molecule has 2 N–H and O–H groups in total. The highest BCUT2D eigenvalue weighted by molar-refractivity contribution is 7.84. The highest BCUT2D eigenvalue weighted by Gasteiger charge is 2.33. The molecule has 0 aromatic heterocycles. The first-order chi connectivity index (χ1) is 5.83. The summed E-state index contributed by atoms with van der Waals surface area (Å²) in [5.41, 5.74) is -0.859. The summed E-state index contributed by atoms with van der Waals surface area (Å²) in [5.74, 6) is -0.0178. The molecule has 0 bridgehead atoms. The molecule has 0 aliphatic heterocycles. The quantitative estimate of drug-likeness (QED) is 0.719. The minimum atomic E-state index is -3.90. The summed E-state index contributed by atoms with van der Waals surface area (Å²) in [7, 11) is -3.90. The highest BCUT2D eigenvalue weighted by Crippen LogP contribution is 2.28. The lowest BCUT2D eigenvalue weighted by molar-refractivity contribution is 0.109. The topological polar surface area (TPSA) is 69.4 Å². The van der Waals surface area contributed by atoms with Crippen molar-refractivity contribution in [3.05, 3.63) is 24.3 Å². The zero-order valence-electron chi connectivity index (χ0n) is 7.60. The lowest BCUT2D eigenvalue weighted by atomic mass is 9.87. The van der Waals surface area contributed by atoms with Crippen LogP contribution in [-0.2, 0) is 14.5 Å². The van der Waals surface area contributed by atoms with Crippen molar-refractivity contribution >= 4 is 10.3 Å². The van der Waals surface area contributed by atoms with Crippen LogP contribution in [0.3, 0.4) is 0 Å². The van der Waals surface area contributed by atoms with Crippen LogP contribution < -0.4 is 5.14 Å². The minimum absolute atomic E-state index is 0.0178. The van der Waals surface area contributed by atoms with E-state index in [1.165, 1.54) is 0 Å². The lowest BCUT2D eigenvalue weighted by Crippen LogP contribution is -2.38. The van der Waals surface area contributed by atoms with E-state index < -0.39 is 15.9 Å². The van der Waals surface area contributed by atoms with Crippen molar-refractivity contribution in [3.8, 4) is 0 Å². The van der Waals surface area contributed by atoms with Crippen LogP contribution in [0.2, 0.25) is 0 Å². The summed E-state index contributed by atoms with van der Waals surface area (Å²) in [6.07, 6.45) is 7.14. The van der Waals surface area contributed by atoms with E-state index >= 15 is 0 Å². The molecule has 1 aliphatic carbocycles. The average molecular weight is 203 g/mol. The molecule has 1 rings (SSSR count). The molecule has 0 saturated carbocycles. The first kappa shape index (κ1) is 10.4. The van der Waals surface area contributed by atoms with E-state index in [2.05, 4.69) is 0 Å². The fourth-order valence-corrected chi connectivity index (χ4v) is 1.88. The monoisotopic (exact) mass is 203 g/mol. The van der Waals surface area contributed by atoms with Crippen LogP contribution in [0.25, 0.3) is 0 Å². The third-order valence-electron chi connectivity index (χ3n) is 2.14. The van der Waals surface area contributed by atoms with E-state index in [0.717, 1.165) is 0 Å². The normalized spacial score (nSPS) is 33.6. The van der Waals surface area contributed by atoms with Crippen molar-refractivity contribution < 1.29 is 12.6 Å². The van der Waals surface area contributed by atoms with Crippen molar-refractivity contribution in [1.29, 1.82) is 0 Å². The summed E-state index contributed by atoms with van der Waals surface area (Å²) < 4.78 is 26.3. The van der Waals surface area contributed by atoms with Gasteiger partial charge in [0.25, 0.3) is 0 Å². The molecule has 0 heterocycles. The van der Waals surface area contributed by atoms with Gasteiger partial charge in [-0.25, -0.2) is 9.32 Å². The molecular formula is C8H13NO3S. The maximum Gasteiger partial charge on any atom is 0.334 e. The Morgan fingerprint density at radius 3 is 2.54 bits per heavy atom. The number of hydrogen-bond donors (Lipinski definition) is 1. The molecule has 0 fully saturated rings. The minimum Gasteiger partial charge on any atom is -0.247 e. The molecule has 1 aliphatic rings. The number of nitrogens with two attached hydrogens (primary N) is 1. The zero-order chi connectivity index (χ0) is 10.1. The van der Waals surface area contributed by atoms with Crippen LogP contribution in [0.4, 0.5) is 0 Å². The van der Waals surface area contributed by atoms with Crippen molar-refractivity contribution in [1.82, 2.24) is 0 Å². The molecule has 13 heavy (non-hydrogen) atoms. The second kappa shape index (κ2) is 3.25. The standard InChI is InChI=1S/C8H13NO3S/c1-7-5-3-4-6-8(7,2)12-13(9,10)11/h3-7H,1-2H3,(H2,9,10,11). The third kappa shape index (κ3) is 2.65. The third-order valence-corrected chi connectivity index (χ3v) is 2.73. The number of hydrogen-bond acceptors (Lipinski definition) is 3. The van der Waals surface area contributed by atoms with Gasteiger partial charge in [0.1, 0.15) is 5.60 Å². The van der Waals surface area contributed by atoms with Gasteiger partial charge in [-0.3, -0.25) is 0 Å². The Balaban J connectivity index is 2.89. The molecule has 0 aromatic carbocycles. The molecule has 2 atom stereocenters. The molecular weight excluding hydrogens is 190 g/mol. The van der Waals surface area contributed by atoms with E-state index in [0.29, 0.717) is 0 Å². The van der Waals surface area contributed by atoms with Gasteiger partial charge in [-0.1, -0.05) is 31.2 Å². The number of allylic oxidation sites excluding steroid dienone is 2. The molecule has 0 aromatic rings. The van der Waals surface area contributed by atoms with Crippen LogP contribution >= 0.6 is 0 Å². The smallest absolute Gasteiger partial charge is 0.247 e. The van der Waals surface area contributed by atoms with Gasteiger partial charge in [0.15, 0.2) is 0 Å². The van der Waals surface area contributed by atoms with Gasteiger partial charge in [0.2, 0.25) is 0 Å². The van der Waals surface area contributed by atoms with Gasteiger partial charge in [0.05, 0.1) is 0 Å². The van der Waals surface area contributed by atoms with Crippen LogP contribution in [0.1, 0.15) is 13.8 Å². The summed E-state index contributed by atoms with van der Waals surface area (Å²) in [5, 5.41) is 4.81. The lowest BCUT2D eigenvalue weighted by Gasteiger charge is -2.30. The molecule has 5 heteroatoms. The van der Waals surface area contributed by atoms with Gasteiger partial charge in [-0.15, -0.1) is 0 Å². The first-order valence-corrected chi connectivity index (χ1v) is 5.40. The van der Waals surface area contributed by atoms with Crippen LogP contribution in [0, 0.1) is 5.92 Å². The van der Waals surface area contributed by atoms with Crippen LogP contribution in [0.15, 0.2) is 24.3 Å². The molecule has 0 spiro atoms. The predicted molar refractivity (Wildman–Crippen MR) is 50.0 cm³/mol. The van der Waals surface area contributed by atoms with E-state index in [4.69, 9.17) is 9.32 Å².